The van der Waals surface area contributed by atoms with Crippen LogP contribution in [0.2, 0.25) is 0 Å². The Kier molecular flexibility index (Phi) is 4.95. The van der Waals surface area contributed by atoms with E-state index in [0.717, 1.165) is 51.9 Å². The first-order valence-corrected chi connectivity index (χ1v) is 12.4. The van der Waals surface area contributed by atoms with Crippen molar-refractivity contribution < 1.29 is 4.42 Å². The third-order valence-corrected chi connectivity index (χ3v) is 7.04. The predicted octanol–water partition coefficient (Wildman–Crippen LogP) is 8.64. The third kappa shape index (κ3) is 3.14. The first kappa shape index (κ1) is 21.0. The molecule has 170 valence electrons. The molecule has 2 aromatic heterocycles. The maximum absolute atomic E-state index is 6.44. The van der Waals surface area contributed by atoms with Gasteiger partial charge in [0.2, 0.25) is 0 Å². The van der Waals surface area contributed by atoms with Crippen LogP contribution < -0.4 is 0 Å². The fourth-order valence-corrected chi connectivity index (χ4v) is 5.37. The summed E-state index contributed by atoms with van der Waals surface area (Å²) < 4.78 is 8.89. The van der Waals surface area contributed by atoms with Gasteiger partial charge in [0.15, 0.2) is 0 Å². The summed E-state index contributed by atoms with van der Waals surface area (Å²) in [5.74, 6) is 1.78. The Labute approximate surface area is 200 Å². The van der Waals surface area contributed by atoms with E-state index in [1.54, 1.807) is 0 Å². The lowest BCUT2D eigenvalue weighted by Gasteiger charge is -2.24. The van der Waals surface area contributed by atoms with Gasteiger partial charge in [0.25, 0.3) is 0 Å². The summed E-state index contributed by atoms with van der Waals surface area (Å²) in [7, 11) is 0. The molecule has 0 fully saturated rings. The number of hydrogen-bond acceptors (Lipinski definition) is 2. The largest absolute Gasteiger partial charge is 0.455 e. The molecule has 5 aromatic rings. The number of imidazole rings is 1. The molecule has 0 atom stereocenters. The highest BCUT2D eigenvalue weighted by Crippen LogP contribution is 2.41. The summed E-state index contributed by atoms with van der Waals surface area (Å²) in [6, 6.07) is 21.5. The number of rotatable bonds is 4. The molecule has 3 nitrogen and oxygen atoms in total. The summed E-state index contributed by atoms with van der Waals surface area (Å²) in [4.78, 5) is 5.23. The molecule has 0 saturated heterocycles. The zero-order chi connectivity index (χ0) is 23.4. The number of fused-ring (bicyclic) bond motifs is 4. The standard InChI is InChI=1S/C31H30N2O/c1-19(2)21-12-9-13-22(20(3)4)29(21)33-27-17-7-6-16-26(27)32-31(33)25-15-10-14-24-23-11-5-8-18-28(23)34-30(24)25/h5-6,8-16,18-20H,7,17H2,1-4H3. The highest BCUT2D eigenvalue weighted by Gasteiger charge is 2.26. The van der Waals surface area contributed by atoms with Gasteiger partial charge < -0.3 is 4.42 Å². The number of allylic oxidation sites excluding steroid dienone is 1. The van der Waals surface area contributed by atoms with Crippen molar-refractivity contribution in [3.05, 3.63) is 89.3 Å². The van der Waals surface area contributed by atoms with E-state index in [2.05, 4.69) is 92.9 Å². The van der Waals surface area contributed by atoms with Crippen LogP contribution in [0.5, 0.6) is 0 Å². The fourth-order valence-electron chi connectivity index (χ4n) is 5.37. The Hall–Kier alpha value is -3.59. The van der Waals surface area contributed by atoms with Crippen LogP contribution in [0.3, 0.4) is 0 Å². The van der Waals surface area contributed by atoms with E-state index in [4.69, 9.17) is 9.40 Å². The molecule has 0 bridgehead atoms. The monoisotopic (exact) mass is 446 g/mol. The zero-order valence-corrected chi connectivity index (χ0v) is 20.3. The van der Waals surface area contributed by atoms with E-state index in [0.29, 0.717) is 11.8 Å². The Morgan fingerprint density at radius 3 is 2.29 bits per heavy atom. The molecule has 0 radical (unpaired) electrons. The molecule has 0 N–H and O–H groups in total. The molecular formula is C31H30N2O. The van der Waals surface area contributed by atoms with Crippen LogP contribution in [-0.2, 0) is 6.42 Å². The van der Waals surface area contributed by atoms with Crippen LogP contribution in [0.4, 0.5) is 0 Å². The van der Waals surface area contributed by atoms with Gasteiger partial charge in [0.1, 0.15) is 17.0 Å². The molecule has 3 heteroatoms. The fraction of sp³-hybridized carbons (Fsp3) is 0.258. The first-order chi connectivity index (χ1) is 16.5. The van der Waals surface area contributed by atoms with Crippen LogP contribution in [0.25, 0.3) is 45.1 Å². The maximum Gasteiger partial charge on any atom is 0.149 e. The molecular weight excluding hydrogens is 416 g/mol. The van der Waals surface area contributed by atoms with Crippen molar-refractivity contribution in [2.24, 2.45) is 0 Å². The average Bonchev–Trinajstić information content (AvgIpc) is 3.42. The Bertz CT molecular complexity index is 1540. The van der Waals surface area contributed by atoms with Crippen LogP contribution in [0.15, 0.2) is 71.2 Å². The summed E-state index contributed by atoms with van der Waals surface area (Å²) in [5, 5.41) is 2.28. The Balaban J connectivity index is 1.73. The molecule has 1 aliphatic rings. The highest BCUT2D eigenvalue weighted by atomic mass is 16.3. The summed E-state index contributed by atoms with van der Waals surface area (Å²) >= 11 is 0. The number of nitrogens with zero attached hydrogens (tertiary/aromatic N) is 2. The van der Waals surface area contributed by atoms with Gasteiger partial charge in [0, 0.05) is 10.8 Å². The molecule has 0 aliphatic heterocycles. The smallest absolute Gasteiger partial charge is 0.149 e. The Morgan fingerprint density at radius 2 is 1.53 bits per heavy atom. The minimum Gasteiger partial charge on any atom is -0.455 e. The molecule has 34 heavy (non-hydrogen) atoms. The molecule has 3 aromatic carbocycles. The van der Waals surface area contributed by atoms with Crippen molar-refractivity contribution in [3.8, 4) is 17.1 Å². The topological polar surface area (TPSA) is 31.0 Å². The van der Waals surface area contributed by atoms with E-state index in [-0.39, 0.29) is 0 Å². The van der Waals surface area contributed by atoms with E-state index in [1.807, 2.05) is 12.1 Å². The van der Waals surface area contributed by atoms with E-state index in [1.165, 1.54) is 22.5 Å². The number of para-hydroxylation sites is 3. The Morgan fingerprint density at radius 1 is 0.824 bits per heavy atom. The third-order valence-electron chi connectivity index (χ3n) is 7.04. The van der Waals surface area contributed by atoms with Crippen LogP contribution in [0, 0.1) is 0 Å². The minimum absolute atomic E-state index is 0.403. The van der Waals surface area contributed by atoms with Gasteiger partial charge >= 0.3 is 0 Å². The second-order valence-electron chi connectivity index (χ2n) is 9.92. The highest BCUT2D eigenvalue weighted by molar-refractivity contribution is 6.09. The average molecular weight is 447 g/mol. The van der Waals surface area contributed by atoms with E-state index in [9.17, 15) is 0 Å². The van der Waals surface area contributed by atoms with Gasteiger partial charge in [-0.25, -0.2) is 4.98 Å². The molecule has 2 heterocycles. The van der Waals surface area contributed by atoms with Crippen molar-refractivity contribution in [1.82, 2.24) is 9.55 Å². The lowest BCUT2D eigenvalue weighted by molar-refractivity contribution is 0.669. The summed E-state index contributed by atoms with van der Waals surface area (Å²) in [6.45, 7) is 9.13. The van der Waals surface area contributed by atoms with Gasteiger partial charge in [-0.1, -0.05) is 82.3 Å². The SMILES string of the molecule is CC(C)c1cccc(C(C)C)c1-n1c(-c2cccc3c2oc2ccccc23)nc2c1CCC=C2. The molecule has 0 unspecified atom stereocenters. The van der Waals surface area contributed by atoms with Gasteiger partial charge in [-0.05, 0) is 54.0 Å². The van der Waals surface area contributed by atoms with Crippen molar-refractivity contribution in [2.45, 2.75) is 52.4 Å². The van der Waals surface area contributed by atoms with Gasteiger partial charge in [-0.3, -0.25) is 4.57 Å². The lowest BCUT2D eigenvalue weighted by Crippen LogP contribution is -2.12. The van der Waals surface area contributed by atoms with Gasteiger partial charge in [-0.15, -0.1) is 0 Å². The van der Waals surface area contributed by atoms with Crippen LogP contribution in [0.1, 0.15) is 68.5 Å². The van der Waals surface area contributed by atoms with E-state index >= 15 is 0 Å². The molecule has 0 spiro atoms. The second kappa shape index (κ2) is 8.02. The first-order valence-electron chi connectivity index (χ1n) is 12.4. The second-order valence-corrected chi connectivity index (χ2v) is 9.92. The number of furan rings is 1. The molecule has 1 aliphatic carbocycles. The predicted molar refractivity (Wildman–Crippen MR) is 142 cm³/mol. The zero-order valence-electron chi connectivity index (χ0n) is 20.3. The van der Waals surface area contributed by atoms with Crippen molar-refractivity contribution >= 4 is 28.0 Å². The number of aromatic nitrogens is 2. The van der Waals surface area contributed by atoms with Crippen molar-refractivity contribution in [3.63, 3.8) is 0 Å². The lowest BCUT2D eigenvalue weighted by atomic mass is 9.92. The van der Waals surface area contributed by atoms with Crippen molar-refractivity contribution in [2.75, 3.05) is 0 Å². The maximum atomic E-state index is 6.44. The molecule has 6 rings (SSSR count). The number of benzene rings is 3. The van der Waals surface area contributed by atoms with Crippen LogP contribution >= 0.6 is 0 Å². The van der Waals surface area contributed by atoms with Gasteiger partial charge in [-0.2, -0.15) is 0 Å². The van der Waals surface area contributed by atoms with Gasteiger partial charge in [0.05, 0.1) is 22.6 Å². The quantitative estimate of drug-likeness (QED) is 0.276. The number of hydrogen-bond donors (Lipinski definition) is 0. The molecule has 0 saturated carbocycles. The summed E-state index contributed by atoms with van der Waals surface area (Å²) in [5.41, 5.74) is 9.24. The van der Waals surface area contributed by atoms with Crippen molar-refractivity contribution in [1.29, 1.82) is 0 Å². The van der Waals surface area contributed by atoms with Crippen LogP contribution in [-0.4, -0.2) is 9.55 Å². The summed E-state index contributed by atoms with van der Waals surface area (Å²) in [6.07, 6.45) is 6.44. The minimum atomic E-state index is 0.403. The van der Waals surface area contributed by atoms with E-state index < -0.39 is 0 Å². The normalized spacial score (nSPS) is 13.5. The molecule has 0 amide bonds.